The Bertz CT molecular complexity index is 1780. The number of hydrogen-bond acceptors (Lipinski definition) is 7. The van der Waals surface area contributed by atoms with E-state index in [-0.39, 0.29) is 12.5 Å². The zero-order valence-electron chi connectivity index (χ0n) is 31.7. The molecule has 0 atom stereocenters. The summed E-state index contributed by atoms with van der Waals surface area (Å²) < 4.78 is 4.34. The number of carbonyl (C=O) groups is 3. The van der Waals surface area contributed by atoms with Gasteiger partial charge in [-0.25, -0.2) is 14.8 Å². The maximum atomic E-state index is 11.3. The Kier molecular flexibility index (Phi) is 17.3. The zero-order chi connectivity index (χ0) is 38.4. The number of aromatic nitrogens is 4. The predicted octanol–water partition coefficient (Wildman–Crippen LogP) is 7.09. The number of ether oxygens (including phenoxy) is 1. The van der Waals surface area contributed by atoms with Crippen molar-refractivity contribution in [2.45, 2.75) is 52.4 Å². The number of H-pyrrole nitrogens is 2. The van der Waals surface area contributed by atoms with Gasteiger partial charge in [-0.05, 0) is 59.9 Å². The van der Waals surface area contributed by atoms with Crippen LogP contribution in [0.5, 0.6) is 0 Å². The second-order valence-corrected chi connectivity index (χ2v) is 12.9. The van der Waals surface area contributed by atoms with E-state index in [1.165, 1.54) is 43.1 Å². The number of nitrogens with one attached hydrogen (secondary N) is 4. The lowest BCUT2D eigenvalue weighted by atomic mass is 10.0. The van der Waals surface area contributed by atoms with Crippen molar-refractivity contribution in [2.75, 3.05) is 51.3 Å². The summed E-state index contributed by atoms with van der Waals surface area (Å²) in [6.45, 7) is 8.81. The quantitative estimate of drug-likeness (QED) is 0.0885. The number of likely N-dealkylation sites (tertiary alicyclic amines) is 1. The molecule has 2 aliphatic rings. The number of alkyl carbamates (subject to hydrolysis) is 1. The van der Waals surface area contributed by atoms with Gasteiger partial charge in [0.1, 0.15) is 6.54 Å². The molecule has 3 amide bonds. The Hall–Kier alpha value is -5.91. The lowest BCUT2D eigenvalue weighted by Gasteiger charge is -2.14. The number of amides is 3. The van der Waals surface area contributed by atoms with E-state index in [2.05, 4.69) is 103 Å². The van der Waals surface area contributed by atoms with Crippen LogP contribution in [-0.4, -0.2) is 89.6 Å². The summed E-state index contributed by atoms with van der Waals surface area (Å²) in [6.07, 6.45) is 12.4. The van der Waals surface area contributed by atoms with Gasteiger partial charge in [0.25, 0.3) is 0 Å². The fourth-order valence-corrected chi connectivity index (χ4v) is 5.86. The average Bonchev–Trinajstić information content (AvgIpc) is 4.07. The van der Waals surface area contributed by atoms with Crippen LogP contribution in [-0.2, 0) is 20.7 Å². The Morgan fingerprint density at radius 1 is 0.796 bits per heavy atom. The van der Waals surface area contributed by atoms with Crippen LogP contribution >= 0.6 is 0 Å². The molecule has 4 heterocycles. The summed E-state index contributed by atoms with van der Waals surface area (Å²) in [7, 11) is 1.27. The smallest absolute Gasteiger partial charge is 0.407 e. The van der Waals surface area contributed by atoms with Gasteiger partial charge in [-0.2, -0.15) is 0 Å². The topological polar surface area (TPSA) is 148 Å². The van der Waals surface area contributed by atoms with E-state index >= 15 is 0 Å². The summed E-state index contributed by atoms with van der Waals surface area (Å²) in [5.74, 6) is 0.948. The molecule has 0 spiro atoms. The number of methoxy groups -OCH3 is 1. The largest absolute Gasteiger partial charge is 0.453 e. The molecule has 4 N–H and O–H groups in total. The molecular weight excluding hydrogens is 681 g/mol. The molecule has 0 bridgehead atoms. The highest BCUT2D eigenvalue weighted by molar-refractivity contribution is 5.82. The molecule has 0 unspecified atom stereocenters. The normalized spacial score (nSPS) is 12.9. The van der Waals surface area contributed by atoms with Gasteiger partial charge in [0.15, 0.2) is 0 Å². The van der Waals surface area contributed by atoms with Gasteiger partial charge >= 0.3 is 6.09 Å². The predicted molar refractivity (Wildman–Crippen MR) is 215 cm³/mol. The van der Waals surface area contributed by atoms with Crippen LogP contribution in [0.25, 0.3) is 33.6 Å². The molecule has 2 saturated heterocycles. The number of hydrogen-bond donors (Lipinski definition) is 4. The molecule has 54 heavy (non-hydrogen) atoms. The number of nitrogens with zero attached hydrogens (tertiary/aromatic N) is 4. The highest BCUT2D eigenvalue weighted by atomic mass is 16.5. The SMILES string of the molecule is CCC.COC(=O)NCC(=O)N1CCCC1.O=CNCCc1ccccc1.c1ncc(-c2ccc(-c3ccc(-c4cnc(N5CCCC5)[nH]4)cc3)cc2)[nH]1. The second kappa shape index (κ2) is 22.9. The molecule has 286 valence electrons. The van der Waals surface area contributed by atoms with Crippen molar-refractivity contribution in [1.29, 1.82) is 0 Å². The second-order valence-electron chi connectivity index (χ2n) is 12.9. The van der Waals surface area contributed by atoms with E-state index in [0.717, 1.165) is 80.3 Å². The maximum absolute atomic E-state index is 11.3. The van der Waals surface area contributed by atoms with Gasteiger partial charge in [0.2, 0.25) is 18.3 Å². The average molecular weight is 735 g/mol. The van der Waals surface area contributed by atoms with Gasteiger partial charge < -0.3 is 35.1 Å². The summed E-state index contributed by atoms with van der Waals surface area (Å²) >= 11 is 0. The van der Waals surface area contributed by atoms with E-state index in [1.807, 2.05) is 42.7 Å². The van der Waals surface area contributed by atoms with Crippen molar-refractivity contribution in [1.82, 2.24) is 35.5 Å². The molecule has 3 aromatic carbocycles. The lowest BCUT2D eigenvalue weighted by Crippen LogP contribution is -2.38. The van der Waals surface area contributed by atoms with Crippen LogP contribution < -0.4 is 15.5 Å². The highest BCUT2D eigenvalue weighted by Gasteiger charge is 2.18. The third kappa shape index (κ3) is 13.3. The first kappa shape index (κ1) is 40.9. The zero-order valence-corrected chi connectivity index (χ0v) is 31.7. The lowest BCUT2D eigenvalue weighted by molar-refractivity contribution is -0.129. The maximum Gasteiger partial charge on any atom is 0.407 e. The summed E-state index contributed by atoms with van der Waals surface area (Å²) in [5, 5.41) is 4.97. The van der Waals surface area contributed by atoms with Crippen LogP contribution in [0.4, 0.5) is 10.7 Å². The fraction of sp³-hybridized carbons (Fsp3) is 0.357. The van der Waals surface area contributed by atoms with Crippen LogP contribution in [0, 0.1) is 0 Å². The number of carbonyl (C=O) groups excluding carboxylic acids is 3. The highest BCUT2D eigenvalue weighted by Crippen LogP contribution is 2.27. The number of anilines is 1. The third-order valence-corrected chi connectivity index (χ3v) is 8.70. The van der Waals surface area contributed by atoms with Crippen molar-refractivity contribution in [3.8, 4) is 33.6 Å². The van der Waals surface area contributed by atoms with E-state index in [9.17, 15) is 14.4 Å². The monoisotopic (exact) mass is 734 g/mol. The first-order chi connectivity index (χ1) is 26.4. The Morgan fingerprint density at radius 3 is 1.93 bits per heavy atom. The summed E-state index contributed by atoms with van der Waals surface area (Å²) in [4.78, 5) is 51.1. The standard InChI is InChI=1S/C22H21N5.C9H11NO.C8H14N2O3.C3H8/c1-2-12-27(11-1)22-24-14-21(26-22)19-9-5-17(6-10-19)16-3-7-18(8-4-16)20-13-23-15-25-20;11-8-10-7-6-9-4-2-1-3-5-9;1-13-8(12)9-6-7(11)10-4-2-3-5-10;1-3-2/h3-10,13-15H,1-2,11-12H2,(H,23,25)(H,24,26);1-5,8H,6-7H2,(H,10,11);2-6H2,1H3,(H,9,12);3H2,1-2H3. The number of imidazole rings is 2. The first-order valence-electron chi connectivity index (χ1n) is 18.8. The molecule has 12 heteroatoms. The van der Waals surface area contributed by atoms with E-state index in [0.29, 0.717) is 6.54 Å². The number of rotatable bonds is 10. The van der Waals surface area contributed by atoms with Crippen molar-refractivity contribution in [2.24, 2.45) is 0 Å². The van der Waals surface area contributed by atoms with Gasteiger partial charge in [-0.15, -0.1) is 0 Å². The molecule has 5 aromatic rings. The minimum absolute atomic E-state index is 0.0344. The van der Waals surface area contributed by atoms with E-state index < -0.39 is 6.09 Å². The molecule has 0 aliphatic carbocycles. The molecular formula is C42H54N8O4. The van der Waals surface area contributed by atoms with E-state index in [1.54, 1.807) is 11.2 Å². The minimum atomic E-state index is -0.562. The summed E-state index contributed by atoms with van der Waals surface area (Å²) in [5.41, 5.74) is 8.05. The molecule has 2 fully saturated rings. The molecule has 2 aliphatic heterocycles. The van der Waals surface area contributed by atoms with Gasteiger partial charge in [-0.1, -0.05) is 99.1 Å². The van der Waals surface area contributed by atoms with Crippen molar-refractivity contribution < 1.29 is 19.1 Å². The molecule has 2 aromatic heterocycles. The van der Waals surface area contributed by atoms with Crippen LogP contribution in [0.15, 0.2) is 97.6 Å². The minimum Gasteiger partial charge on any atom is -0.453 e. The number of aromatic amines is 2. The van der Waals surface area contributed by atoms with Gasteiger partial charge in [0.05, 0.1) is 37.2 Å². The Balaban J connectivity index is 0.000000201. The molecule has 7 rings (SSSR count). The molecule has 0 radical (unpaired) electrons. The first-order valence-corrected chi connectivity index (χ1v) is 18.8. The van der Waals surface area contributed by atoms with E-state index in [4.69, 9.17) is 0 Å². The van der Waals surface area contributed by atoms with Crippen LogP contribution in [0.1, 0.15) is 51.5 Å². The van der Waals surface area contributed by atoms with Crippen LogP contribution in [0.2, 0.25) is 0 Å². The molecule has 0 saturated carbocycles. The van der Waals surface area contributed by atoms with Crippen molar-refractivity contribution in [3.63, 3.8) is 0 Å². The number of benzene rings is 3. The summed E-state index contributed by atoms with van der Waals surface area (Å²) in [6, 6.07) is 27.2. The Labute approximate surface area is 318 Å². The van der Waals surface area contributed by atoms with Crippen molar-refractivity contribution in [3.05, 3.63) is 103 Å². The van der Waals surface area contributed by atoms with Crippen LogP contribution in [0.3, 0.4) is 0 Å². The van der Waals surface area contributed by atoms with Crippen molar-refractivity contribution >= 4 is 24.4 Å². The van der Waals surface area contributed by atoms with Gasteiger partial charge in [-0.3, -0.25) is 9.59 Å². The van der Waals surface area contributed by atoms with Gasteiger partial charge in [0, 0.05) is 32.7 Å². The molecule has 12 nitrogen and oxygen atoms in total. The Morgan fingerprint density at radius 2 is 1.37 bits per heavy atom. The fourth-order valence-electron chi connectivity index (χ4n) is 5.86. The third-order valence-electron chi connectivity index (χ3n) is 8.70.